The minimum atomic E-state index is 0. The van der Waals surface area contributed by atoms with E-state index in [-0.39, 0.29) is 30.2 Å². The van der Waals surface area contributed by atoms with Crippen LogP contribution in [0.2, 0.25) is 13.1 Å². The maximum Gasteiger partial charge on any atom is -0.0279 e. The average Bonchev–Trinajstić information content (AvgIpc) is 3.53. The Kier molecular flexibility index (Phi) is 15.1. The van der Waals surface area contributed by atoms with Crippen molar-refractivity contribution in [3.63, 3.8) is 0 Å². The molecule has 0 saturated heterocycles. The maximum atomic E-state index is 2.35. The second-order valence-corrected chi connectivity index (χ2v) is 21.6. The molecular formula is C40H44Cl2SiZr-2. The zero-order chi connectivity index (χ0) is 30.4. The van der Waals surface area contributed by atoms with Crippen molar-refractivity contribution in [2.24, 2.45) is 0 Å². The van der Waals surface area contributed by atoms with E-state index in [4.69, 9.17) is 0 Å². The Morgan fingerprint density at radius 1 is 0.545 bits per heavy atom. The van der Waals surface area contributed by atoms with Crippen LogP contribution in [0.4, 0.5) is 0 Å². The van der Waals surface area contributed by atoms with Gasteiger partial charge in [-0.2, -0.15) is 12.1 Å². The number of aryl methyl sites for hydroxylation is 2. The third kappa shape index (κ3) is 9.89. The van der Waals surface area contributed by atoms with E-state index >= 15 is 0 Å². The second kappa shape index (κ2) is 17.5. The summed E-state index contributed by atoms with van der Waals surface area (Å²) in [5.41, 5.74) is 11.0. The normalized spacial score (nSPS) is 10.5. The molecule has 0 radical (unpaired) electrons. The van der Waals surface area contributed by atoms with Crippen molar-refractivity contribution >= 4 is 27.0 Å². The Bertz CT molecular complexity index is 1650. The molecule has 228 valence electrons. The SMILES string of the molecule is C[Si](C)=[Zr+2].Cc1cc2c(-c3ccccc3)cc(C(C)C)cc2[cH-]1.Cc1cc2c(-c3ccccc3)cc(C(C)C)cc2[cH-]1.[Cl-].[Cl-]. The molecule has 0 aliphatic carbocycles. The van der Waals surface area contributed by atoms with Crippen molar-refractivity contribution in [3.05, 3.63) is 131 Å². The van der Waals surface area contributed by atoms with Gasteiger partial charge in [-0.15, -0.1) is 56.9 Å². The van der Waals surface area contributed by atoms with E-state index in [2.05, 4.69) is 164 Å². The molecule has 0 heterocycles. The fourth-order valence-electron chi connectivity index (χ4n) is 5.37. The van der Waals surface area contributed by atoms with Gasteiger partial charge in [-0.25, -0.2) is 0 Å². The van der Waals surface area contributed by atoms with Crippen molar-refractivity contribution in [1.82, 2.24) is 0 Å². The monoisotopic (exact) mass is 712 g/mol. The topological polar surface area (TPSA) is 0 Å². The minimum absolute atomic E-state index is 0. The first-order chi connectivity index (χ1) is 20.0. The molecule has 0 fully saturated rings. The number of halogens is 2. The molecule has 0 atom stereocenters. The van der Waals surface area contributed by atoms with Gasteiger partial charge in [0.1, 0.15) is 0 Å². The molecule has 6 rings (SSSR count). The number of benzene rings is 4. The van der Waals surface area contributed by atoms with E-state index in [9.17, 15) is 0 Å². The van der Waals surface area contributed by atoms with Crippen LogP contribution < -0.4 is 24.8 Å². The van der Waals surface area contributed by atoms with Gasteiger partial charge in [-0.3, -0.25) is 0 Å². The molecule has 0 bridgehead atoms. The molecule has 0 aliphatic heterocycles. The number of hydrogen-bond donors (Lipinski definition) is 0. The van der Waals surface area contributed by atoms with E-state index in [1.165, 1.54) is 66.1 Å². The summed E-state index contributed by atoms with van der Waals surface area (Å²) >= 11 is 1.74. The minimum Gasteiger partial charge on any atom is -1.00 e. The molecule has 6 aromatic carbocycles. The maximum absolute atomic E-state index is 2.35. The van der Waals surface area contributed by atoms with Gasteiger partial charge in [0, 0.05) is 0 Å². The fourth-order valence-corrected chi connectivity index (χ4v) is 5.37. The van der Waals surface area contributed by atoms with E-state index in [0.717, 1.165) is 0 Å². The Morgan fingerprint density at radius 2 is 0.864 bits per heavy atom. The van der Waals surface area contributed by atoms with Crippen LogP contribution in [0.15, 0.2) is 109 Å². The van der Waals surface area contributed by atoms with Gasteiger partial charge in [0.2, 0.25) is 0 Å². The van der Waals surface area contributed by atoms with E-state index < -0.39 is 0 Å². The van der Waals surface area contributed by atoms with Crippen LogP contribution in [-0.4, -0.2) is 5.43 Å². The molecular weight excluding hydrogens is 671 g/mol. The second-order valence-electron chi connectivity index (χ2n) is 12.2. The van der Waals surface area contributed by atoms with Crippen molar-refractivity contribution in [2.45, 2.75) is 66.5 Å². The third-order valence-corrected chi connectivity index (χ3v) is 7.48. The third-order valence-electron chi connectivity index (χ3n) is 7.48. The van der Waals surface area contributed by atoms with Crippen LogP contribution in [0.1, 0.15) is 61.8 Å². The molecule has 0 spiro atoms. The molecule has 0 amide bonds. The molecule has 44 heavy (non-hydrogen) atoms. The van der Waals surface area contributed by atoms with E-state index in [1.54, 1.807) is 23.3 Å². The van der Waals surface area contributed by atoms with Crippen LogP contribution in [0, 0.1) is 13.8 Å². The van der Waals surface area contributed by atoms with Crippen molar-refractivity contribution in [2.75, 3.05) is 0 Å². The van der Waals surface area contributed by atoms with E-state index in [0.29, 0.717) is 11.8 Å². The quantitative estimate of drug-likeness (QED) is 0.153. The zero-order valence-corrected chi connectivity index (χ0v) is 32.3. The first-order valence-electron chi connectivity index (χ1n) is 15.1. The smallest absolute Gasteiger partial charge is 0.0279 e. The first kappa shape index (κ1) is 38.0. The Morgan fingerprint density at radius 3 is 1.16 bits per heavy atom. The summed E-state index contributed by atoms with van der Waals surface area (Å²) < 4.78 is 0. The molecule has 0 unspecified atom stereocenters. The molecule has 0 nitrogen and oxygen atoms in total. The van der Waals surface area contributed by atoms with Gasteiger partial charge in [0.15, 0.2) is 0 Å². The van der Waals surface area contributed by atoms with Gasteiger partial charge >= 0.3 is 41.9 Å². The summed E-state index contributed by atoms with van der Waals surface area (Å²) in [6.07, 6.45) is 0. The Hall–Kier alpha value is -2.22. The van der Waals surface area contributed by atoms with Gasteiger partial charge < -0.3 is 24.8 Å². The van der Waals surface area contributed by atoms with Crippen molar-refractivity contribution < 1.29 is 48.1 Å². The molecule has 4 heteroatoms. The van der Waals surface area contributed by atoms with Crippen LogP contribution in [0.5, 0.6) is 0 Å². The fraction of sp³-hybridized carbons (Fsp3) is 0.250. The van der Waals surface area contributed by atoms with Crippen molar-refractivity contribution in [1.29, 1.82) is 0 Å². The average molecular weight is 715 g/mol. The molecule has 0 aliphatic rings. The Labute approximate surface area is 293 Å². The number of hydrogen-bond acceptors (Lipinski definition) is 0. The Balaban J connectivity index is 0.000000263. The molecule has 0 N–H and O–H groups in total. The summed E-state index contributed by atoms with van der Waals surface area (Å²) in [5, 5.41) is 5.46. The zero-order valence-electron chi connectivity index (χ0n) is 27.3. The summed E-state index contributed by atoms with van der Waals surface area (Å²) in [4.78, 5) is 0. The summed E-state index contributed by atoms with van der Waals surface area (Å²) in [6.45, 7) is 18.0. The van der Waals surface area contributed by atoms with E-state index in [1.807, 2.05) is 0 Å². The molecule has 6 aromatic rings. The van der Waals surface area contributed by atoms with Crippen LogP contribution in [0.25, 0.3) is 43.8 Å². The summed E-state index contributed by atoms with van der Waals surface area (Å²) in [5.74, 6) is 1.11. The largest absolute Gasteiger partial charge is 1.00 e. The van der Waals surface area contributed by atoms with Crippen LogP contribution in [0.3, 0.4) is 0 Å². The molecule has 0 aromatic heterocycles. The van der Waals surface area contributed by atoms with Crippen LogP contribution >= 0.6 is 0 Å². The van der Waals surface area contributed by atoms with Gasteiger partial charge in [0.05, 0.1) is 0 Å². The standard InChI is InChI=1S/2C19H19.C2H6Si.2ClH.Zr/c2*1-13(2)16-11-17-9-14(3)10-18(17)19(12-16)15-7-5-4-6-8-15;1-3-2;;;/h2*4-13H,1-3H3;1-2H3;2*1H;/q2*-1;;;;+2/p-2. The van der Waals surface area contributed by atoms with Crippen molar-refractivity contribution in [3.8, 4) is 22.3 Å². The summed E-state index contributed by atoms with van der Waals surface area (Å²) in [6, 6.07) is 39.9. The number of fused-ring (bicyclic) bond motifs is 2. The molecule has 0 saturated carbocycles. The van der Waals surface area contributed by atoms with Gasteiger partial charge in [-0.05, 0) is 23.0 Å². The van der Waals surface area contributed by atoms with Gasteiger partial charge in [-0.1, -0.05) is 137 Å². The first-order valence-corrected chi connectivity index (χ1v) is 21.3. The summed E-state index contributed by atoms with van der Waals surface area (Å²) in [7, 11) is 0. The predicted octanol–water partition coefficient (Wildman–Crippen LogP) is 6.11. The predicted molar refractivity (Wildman–Crippen MR) is 185 cm³/mol. The number of rotatable bonds is 4. The van der Waals surface area contributed by atoms with Gasteiger partial charge in [0.25, 0.3) is 0 Å². The van der Waals surface area contributed by atoms with Crippen LogP contribution in [-0.2, 0) is 23.3 Å².